The van der Waals surface area contributed by atoms with Crippen molar-refractivity contribution in [1.29, 1.82) is 0 Å². The lowest BCUT2D eigenvalue weighted by Crippen LogP contribution is -2.37. The van der Waals surface area contributed by atoms with Gasteiger partial charge in [-0.05, 0) is 49.9 Å². The van der Waals surface area contributed by atoms with E-state index in [1.165, 1.54) is 24.9 Å². The van der Waals surface area contributed by atoms with E-state index in [-0.39, 0.29) is 11.8 Å². The van der Waals surface area contributed by atoms with Crippen LogP contribution in [-0.4, -0.2) is 38.0 Å². The molecule has 5 heteroatoms. The maximum atomic E-state index is 12.0. The van der Waals surface area contributed by atoms with E-state index in [9.17, 15) is 9.59 Å². The molecular formula is C20H31N3O2. The Bertz CT molecular complexity index is 551. The summed E-state index contributed by atoms with van der Waals surface area (Å²) in [4.78, 5) is 27.8. The van der Waals surface area contributed by atoms with Gasteiger partial charge >= 0.3 is 0 Å². The van der Waals surface area contributed by atoms with Gasteiger partial charge in [-0.1, -0.05) is 13.3 Å². The SMILES string of the molecule is CCCCC(=O)NCCN(C(C)=O)c1ccc(N2CCCCC2)cc1. The van der Waals surface area contributed by atoms with Crippen molar-refractivity contribution >= 4 is 23.2 Å². The minimum Gasteiger partial charge on any atom is -0.372 e. The fraction of sp³-hybridized carbons (Fsp3) is 0.600. The minimum absolute atomic E-state index is 0.00599. The van der Waals surface area contributed by atoms with Gasteiger partial charge in [0.2, 0.25) is 11.8 Å². The molecule has 2 rings (SSSR count). The number of rotatable bonds is 8. The van der Waals surface area contributed by atoms with Crippen molar-refractivity contribution in [1.82, 2.24) is 5.32 Å². The van der Waals surface area contributed by atoms with Crippen LogP contribution in [0.3, 0.4) is 0 Å². The van der Waals surface area contributed by atoms with Crippen LogP contribution in [0.5, 0.6) is 0 Å². The van der Waals surface area contributed by atoms with Crippen molar-refractivity contribution in [3.05, 3.63) is 24.3 Å². The number of anilines is 2. The summed E-state index contributed by atoms with van der Waals surface area (Å²) in [5, 5.41) is 2.89. The van der Waals surface area contributed by atoms with E-state index in [1.807, 2.05) is 12.1 Å². The molecule has 1 aliphatic rings. The molecule has 0 spiro atoms. The van der Waals surface area contributed by atoms with Crippen molar-refractivity contribution in [2.24, 2.45) is 0 Å². The van der Waals surface area contributed by atoms with Gasteiger partial charge in [-0.25, -0.2) is 0 Å². The Kier molecular flexibility index (Phi) is 7.76. The van der Waals surface area contributed by atoms with Gasteiger partial charge in [-0.3, -0.25) is 9.59 Å². The molecule has 0 aliphatic carbocycles. The third-order valence-electron chi connectivity index (χ3n) is 4.68. The summed E-state index contributed by atoms with van der Waals surface area (Å²) < 4.78 is 0. The lowest BCUT2D eigenvalue weighted by molar-refractivity contribution is -0.121. The molecule has 2 amide bonds. The average Bonchev–Trinajstić information content (AvgIpc) is 2.64. The molecule has 0 aromatic heterocycles. The van der Waals surface area contributed by atoms with Gasteiger partial charge in [0.05, 0.1) is 0 Å². The first-order valence-electron chi connectivity index (χ1n) is 9.51. The second-order valence-corrected chi connectivity index (χ2v) is 6.69. The molecule has 0 unspecified atom stereocenters. The summed E-state index contributed by atoms with van der Waals surface area (Å²) in [6.45, 7) is 6.83. The number of amides is 2. The molecule has 0 saturated carbocycles. The Morgan fingerprint density at radius 1 is 1.12 bits per heavy atom. The monoisotopic (exact) mass is 345 g/mol. The molecule has 1 saturated heterocycles. The molecule has 1 fully saturated rings. The maximum Gasteiger partial charge on any atom is 0.223 e. The fourth-order valence-electron chi connectivity index (χ4n) is 3.20. The highest BCUT2D eigenvalue weighted by molar-refractivity contribution is 5.91. The van der Waals surface area contributed by atoms with Crippen LogP contribution in [0.25, 0.3) is 0 Å². The number of hydrogen-bond donors (Lipinski definition) is 1. The topological polar surface area (TPSA) is 52.7 Å². The summed E-state index contributed by atoms with van der Waals surface area (Å²) in [5.74, 6) is 0.0549. The number of carbonyl (C=O) groups excluding carboxylic acids is 2. The molecule has 0 bridgehead atoms. The Balaban J connectivity index is 1.90. The van der Waals surface area contributed by atoms with Gasteiger partial charge in [0.25, 0.3) is 0 Å². The number of nitrogens with one attached hydrogen (secondary N) is 1. The van der Waals surface area contributed by atoms with E-state index >= 15 is 0 Å². The lowest BCUT2D eigenvalue weighted by Gasteiger charge is -2.29. The number of hydrogen-bond acceptors (Lipinski definition) is 3. The zero-order chi connectivity index (χ0) is 18.1. The van der Waals surface area contributed by atoms with E-state index in [0.717, 1.165) is 31.6 Å². The summed E-state index contributed by atoms with van der Waals surface area (Å²) >= 11 is 0. The van der Waals surface area contributed by atoms with E-state index in [1.54, 1.807) is 11.8 Å². The summed E-state index contributed by atoms with van der Waals surface area (Å²) in [6, 6.07) is 8.20. The van der Waals surface area contributed by atoms with Crippen molar-refractivity contribution in [2.45, 2.75) is 52.4 Å². The van der Waals surface area contributed by atoms with Gasteiger partial charge in [0.15, 0.2) is 0 Å². The number of benzene rings is 1. The fourth-order valence-corrected chi connectivity index (χ4v) is 3.20. The molecule has 0 radical (unpaired) electrons. The highest BCUT2D eigenvalue weighted by atomic mass is 16.2. The Labute approximate surface area is 151 Å². The van der Waals surface area contributed by atoms with Crippen LogP contribution in [-0.2, 0) is 9.59 Å². The first-order valence-corrected chi connectivity index (χ1v) is 9.51. The Hall–Kier alpha value is -2.04. The van der Waals surface area contributed by atoms with Crippen LogP contribution in [0.4, 0.5) is 11.4 Å². The van der Waals surface area contributed by atoms with Crippen molar-refractivity contribution in [2.75, 3.05) is 36.0 Å². The Morgan fingerprint density at radius 2 is 1.80 bits per heavy atom. The van der Waals surface area contributed by atoms with Crippen LogP contribution in [0.1, 0.15) is 52.4 Å². The number of carbonyl (C=O) groups is 2. The number of unbranched alkanes of at least 4 members (excludes halogenated alkanes) is 1. The first-order chi connectivity index (χ1) is 12.1. The Morgan fingerprint density at radius 3 is 2.40 bits per heavy atom. The predicted molar refractivity (Wildman–Crippen MR) is 103 cm³/mol. The molecule has 1 aromatic carbocycles. The van der Waals surface area contributed by atoms with Gasteiger partial charge in [0, 0.05) is 50.9 Å². The van der Waals surface area contributed by atoms with Gasteiger partial charge < -0.3 is 15.1 Å². The van der Waals surface area contributed by atoms with Crippen LogP contribution < -0.4 is 15.1 Å². The van der Waals surface area contributed by atoms with E-state index < -0.39 is 0 Å². The molecule has 138 valence electrons. The zero-order valence-corrected chi connectivity index (χ0v) is 15.6. The molecule has 1 aliphatic heterocycles. The zero-order valence-electron chi connectivity index (χ0n) is 15.6. The summed E-state index contributed by atoms with van der Waals surface area (Å²) in [7, 11) is 0. The predicted octanol–water partition coefficient (Wildman–Crippen LogP) is 3.34. The minimum atomic E-state index is -0.00599. The average molecular weight is 345 g/mol. The summed E-state index contributed by atoms with van der Waals surface area (Å²) in [5.41, 5.74) is 2.11. The standard InChI is InChI=1S/C20H31N3O2/c1-3-4-8-20(25)21-13-16-23(17(2)24)19-11-9-18(10-12-19)22-14-6-5-7-15-22/h9-12H,3-8,13-16H2,1-2H3,(H,21,25). The van der Waals surface area contributed by atoms with Crippen LogP contribution in [0.15, 0.2) is 24.3 Å². The smallest absolute Gasteiger partial charge is 0.223 e. The normalized spacial score (nSPS) is 14.2. The quantitative estimate of drug-likeness (QED) is 0.786. The van der Waals surface area contributed by atoms with Crippen molar-refractivity contribution in [3.63, 3.8) is 0 Å². The first kappa shape index (κ1) is 19.3. The molecule has 1 N–H and O–H groups in total. The van der Waals surface area contributed by atoms with Crippen molar-refractivity contribution < 1.29 is 9.59 Å². The molecule has 1 aromatic rings. The molecule has 5 nitrogen and oxygen atoms in total. The molecule has 0 atom stereocenters. The second kappa shape index (κ2) is 10.1. The van der Waals surface area contributed by atoms with E-state index in [2.05, 4.69) is 29.3 Å². The van der Waals surface area contributed by atoms with Gasteiger partial charge in [-0.2, -0.15) is 0 Å². The van der Waals surface area contributed by atoms with Gasteiger partial charge in [-0.15, -0.1) is 0 Å². The van der Waals surface area contributed by atoms with E-state index in [4.69, 9.17) is 0 Å². The highest BCUT2D eigenvalue weighted by Crippen LogP contribution is 2.23. The third-order valence-corrected chi connectivity index (χ3v) is 4.68. The van der Waals surface area contributed by atoms with E-state index in [0.29, 0.717) is 19.5 Å². The van der Waals surface area contributed by atoms with Crippen LogP contribution >= 0.6 is 0 Å². The second-order valence-electron chi connectivity index (χ2n) is 6.69. The maximum absolute atomic E-state index is 12.0. The molecule has 1 heterocycles. The van der Waals surface area contributed by atoms with Crippen molar-refractivity contribution in [3.8, 4) is 0 Å². The van der Waals surface area contributed by atoms with Gasteiger partial charge in [0.1, 0.15) is 0 Å². The van der Waals surface area contributed by atoms with Crippen LogP contribution in [0, 0.1) is 0 Å². The third kappa shape index (κ3) is 6.07. The number of piperidine rings is 1. The molecule has 25 heavy (non-hydrogen) atoms. The molecular weight excluding hydrogens is 314 g/mol. The lowest BCUT2D eigenvalue weighted by atomic mass is 10.1. The summed E-state index contributed by atoms with van der Waals surface area (Å²) in [6.07, 6.45) is 6.28. The highest BCUT2D eigenvalue weighted by Gasteiger charge is 2.14. The van der Waals surface area contributed by atoms with Crippen LogP contribution in [0.2, 0.25) is 0 Å². The largest absolute Gasteiger partial charge is 0.372 e. The number of nitrogens with zero attached hydrogens (tertiary/aromatic N) is 2.